The maximum atomic E-state index is 13.0. The van der Waals surface area contributed by atoms with E-state index in [0.29, 0.717) is 45.2 Å². The Bertz CT molecular complexity index is 1370. The number of rotatable bonds is 8. The summed E-state index contributed by atoms with van der Waals surface area (Å²) in [6.07, 6.45) is 0. The van der Waals surface area contributed by atoms with Crippen molar-refractivity contribution in [2.75, 3.05) is 33.3 Å². The molecule has 35 heavy (non-hydrogen) atoms. The summed E-state index contributed by atoms with van der Waals surface area (Å²) in [4.78, 5) is 29.9. The molecular formula is C25H23N3O7. The first-order valence-corrected chi connectivity index (χ1v) is 10.5. The molecule has 0 bridgehead atoms. The monoisotopic (exact) mass is 477 g/mol. The van der Waals surface area contributed by atoms with Crippen LogP contribution < -0.4 is 19.5 Å². The number of aromatic nitrogens is 2. The van der Waals surface area contributed by atoms with Gasteiger partial charge in [0.2, 0.25) is 5.75 Å². The molecule has 0 aliphatic rings. The number of benzene rings is 2. The Morgan fingerprint density at radius 2 is 1.69 bits per heavy atom. The molecule has 2 aromatic carbocycles. The minimum absolute atomic E-state index is 0.239. The third-order valence-electron chi connectivity index (χ3n) is 5.13. The van der Waals surface area contributed by atoms with Crippen LogP contribution in [0, 0.1) is 6.92 Å². The molecule has 0 spiro atoms. The minimum Gasteiger partial charge on any atom is -0.493 e. The van der Waals surface area contributed by atoms with Gasteiger partial charge in [-0.25, -0.2) is 9.78 Å². The van der Waals surface area contributed by atoms with Crippen LogP contribution in [0.2, 0.25) is 0 Å². The smallest absolute Gasteiger partial charge is 0.339 e. The van der Waals surface area contributed by atoms with Gasteiger partial charge in [-0.1, -0.05) is 23.4 Å². The van der Waals surface area contributed by atoms with Crippen molar-refractivity contribution in [3.05, 3.63) is 59.9 Å². The number of methoxy groups -OCH3 is 3. The van der Waals surface area contributed by atoms with Gasteiger partial charge in [0.1, 0.15) is 5.76 Å². The first kappa shape index (κ1) is 23.6. The zero-order chi connectivity index (χ0) is 24.9. The first-order valence-electron chi connectivity index (χ1n) is 10.5. The number of fused-ring (bicyclic) bond motifs is 1. The van der Waals surface area contributed by atoms with Gasteiger partial charge in [-0.2, -0.15) is 0 Å². The van der Waals surface area contributed by atoms with Crippen molar-refractivity contribution < 1.29 is 33.1 Å². The molecule has 180 valence electrons. The molecule has 1 amide bonds. The van der Waals surface area contributed by atoms with E-state index in [1.165, 1.54) is 21.3 Å². The summed E-state index contributed by atoms with van der Waals surface area (Å²) in [5.74, 6) is 0.884. The zero-order valence-electron chi connectivity index (χ0n) is 19.6. The van der Waals surface area contributed by atoms with Crippen molar-refractivity contribution in [3.8, 4) is 28.5 Å². The van der Waals surface area contributed by atoms with E-state index in [2.05, 4.69) is 10.5 Å². The molecule has 2 aromatic heterocycles. The Labute approximate surface area is 200 Å². The molecule has 2 heterocycles. The summed E-state index contributed by atoms with van der Waals surface area (Å²) in [6.45, 7) is 1.20. The van der Waals surface area contributed by atoms with E-state index >= 15 is 0 Å². The predicted molar refractivity (Wildman–Crippen MR) is 127 cm³/mol. The Morgan fingerprint density at radius 3 is 2.31 bits per heavy atom. The summed E-state index contributed by atoms with van der Waals surface area (Å²) in [6, 6.07) is 13.8. The quantitative estimate of drug-likeness (QED) is 0.375. The zero-order valence-corrected chi connectivity index (χ0v) is 19.6. The number of aryl methyl sites for hydroxylation is 1. The molecule has 0 aliphatic heterocycles. The summed E-state index contributed by atoms with van der Waals surface area (Å²) in [7, 11) is 4.55. The number of anilines is 1. The Morgan fingerprint density at radius 1 is 0.971 bits per heavy atom. The van der Waals surface area contributed by atoms with Gasteiger partial charge in [-0.15, -0.1) is 0 Å². The van der Waals surface area contributed by atoms with Crippen molar-refractivity contribution in [2.45, 2.75) is 6.92 Å². The van der Waals surface area contributed by atoms with Crippen LogP contribution in [0.4, 0.5) is 5.82 Å². The van der Waals surface area contributed by atoms with Gasteiger partial charge >= 0.3 is 5.97 Å². The minimum atomic E-state index is -0.677. The van der Waals surface area contributed by atoms with Gasteiger partial charge in [0.05, 0.1) is 38.1 Å². The molecule has 0 radical (unpaired) electrons. The normalized spacial score (nSPS) is 10.6. The molecule has 4 aromatic rings. The largest absolute Gasteiger partial charge is 0.493 e. The maximum absolute atomic E-state index is 13.0. The van der Waals surface area contributed by atoms with Crippen molar-refractivity contribution in [1.29, 1.82) is 0 Å². The number of amides is 1. The number of nitrogens with zero attached hydrogens (tertiary/aromatic N) is 2. The van der Waals surface area contributed by atoms with Gasteiger partial charge in [0.15, 0.2) is 23.9 Å². The molecule has 0 atom stereocenters. The predicted octanol–water partition coefficient (Wildman–Crippen LogP) is 4.02. The number of pyridine rings is 1. The van der Waals surface area contributed by atoms with Gasteiger partial charge < -0.3 is 28.8 Å². The standard InChI is InChI=1S/C25H23N3O7/c1-14-9-22(28-35-14)27-23(29)13-34-25(30)17-12-19(26-18-8-6-5-7-16(17)18)15-10-20(31-2)24(33-4)21(11-15)32-3/h5-12H,13H2,1-4H3,(H,27,28,29). The Kier molecular flexibility index (Phi) is 6.81. The van der Waals surface area contributed by atoms with E-state index in [1.807, 2.05) is 6.07 Å². The molecule has 0 unspecified atom stereocenters. The number of carbonyl (C=O) groups excluding carboxylic acids is 2. The summed E-state index contributed by atoms with van der Waals surface area (Å²) in [5.41, 5.74) is 1.95. The summed E-state index contributed by atoms with van der Waals surface area (Å²) >= 11 is 0. The molecule has 0 aliphatic carbocycles. The van der Waals surface area contributed by atoms with E-state index in [4.69, 9.17) is 28.5 Å². The number of para-hydroxylation sites is 1. The van der Waals surface area contributed by atoms with E-state index in [1.54, 1.807) is 49.4 Å². The number of esters is 1. The van der Waals surface area contributed by atoms with Crippen LogP contribution in [0.25, 0.3) is 22.2 Å². The molecule has 1 N–H and O–H groups in total. The maximum Gasteiger partial charge on any atom is 0.339 e. The van der Waals surface area contributed by atoms with Crippen molar-refractivity contribution in [2.24, 2.45) is 0 Å². The van der Waals surface area contributed by atoms with Gasteiger partial charge in [0, 0.05) is 17.0 Å². The molecule has 10 nitrogen and oxygen atoms in total. The Hall–Kier alpha value is -4.60. The molecule has 0 saturated carbocycles. The lowest BCUT2D eigenvalue weighted by Gasteiger charge is -2.15. The Balaban J connectivity index is 1.66. The molecule has 4 rings (SSSR count). The van der Waals surface area contributed by atoms with Crippen LogP contribution in [0.1, 0.15) is 16.1 Å². The number of carbonyl (C=O) groups is 2. The number of nitrogens with one attached hydrogen (secondary N) is 1. The number of ether oxygens (including phenoxy) is 4. The molecule has 0 saturated heterocycles. The van der Waals surface area contributed by atoms with E-state index in [9.17, 15) is 9.59 Å². The summed E-state index contributed by atoms with van der Waals surface area (Å²) < 4.78 is 26.5. The average Bonchev–Trinajstić information content (AvgIpc) is 3.29. The second-order valence-electron chi connectivity index (χ2n) is 7.43. The van der Waals surface area contributed by atoms with Crippen LogP contribution in [0.3, 0.4) is 0 Å². The lowest BCUT2D eigenvalue weighted by molar-refractivity contribution is -0.119. The fourth-order valence-electron chi connectivity index (χ4n) is 3.53. The highest BCUT2D eigenvalue weighted by atomic mass is 16.5. The van der Waals surface area contributed by atoms with Gasteiger partial charge in [-0.05, 0) is 31.2 Å². The fourth-order valence-corrected chi connectivity index (χ4v) is 3.53. The molecule has 0 fully saturated rings. The van der Waals surface area contributed by atoms with Crippen LogP contribution in [0.5, 0.6) is 17.2 Å². The summed E-state index contributed by atoms with van der Waals surface area (Å²) in [5, 5.41) is 6.77. The second kappa shape index (κ2) is 10.1. The van der Waals surface area contributed by atoms with Gasteiger partial charge in [0.25, 0.3) is 5.91 Å². The van der Waals surface area contributed by atoms with E-state index < -0.39 is 18.5 Å². The van der Waals surface area contributed by atoms with Crippen molar-refractivity contribution in [3.63, 3.8) is 0 Å². The van der Waals surface area contributed by atoms with Crippen LogP contribution >= 0.6 is 0 Å². The lowest BCUT2D eigenvalue weighted by atomic mass is 10.0. The number of hydrogen-bond acceptors (Lipinski definition) is 9. The third-order valence-corrected chi connectivity index (χ3v) is 5.13. The van der Waals surface area contributed by atoms with Crippen molar-refractivity contribution >= 4 is 28.6 Å². The highest BCUT2D eigenvalue weighted by Crippen LogP contribution is 2.41. The topological polar surface area (TPSA) is 122 Å². The second-order valence-corrected chi connectivity index (χ2v) is 7.43. The van der Waals surface area contributed by atoms with Crippen LogP contribution in [0.15, 0.2) is 53.1 Å². The van der Waals surface area contributed by atoms with Crippen molar-refractivity contribution in [1.82, 2.24) is 10.1 Å². The third kappa shape index (κ3) is 5.01. The lowest BCUT2D eigenvalue weighted by Crippen LogP contribution is -2.21. The fraction of sp³-hybridized carbons (Fsp3) is 0.200. The van der Waals surface area contributed by atoms with Gasteiger partial charge in [-0.3, -0.25) is 4.79 Å². The van der Waals surface area contributed by atoms with Crippen LogP contribution in [-0.4, -0.2) is 50.0 Å². The highest BCUT2D eigenvalue weighted by molar-refractivity contribution is 6.05. The van der Waals surface area contributed by atoms with E-state index in [-0.39, 0.29) is 11.4 Å². The molecular weight excluding hydrogens is 454 g/mol. The highest BCUT2D eigenvalue weighted by Gasteiger charge is 2.19. The van der Waals surface area contributed by atoms with Crippen LogP contribution in [-0.2, 0) is 9.53 Å². The molecule has 10 heteroatoms. The number of hydrogen-bond donors (Lipinski definition) is 1. The first-order chi connectivity index (χ1) is 16.9. The SMILES string of the molecule is COc1cc(-c2cc(C(=O)OCC(=O)Nc3cc(C)on3)c3ccccc3n2)cc(OC)c1OC. The van der Waals surface area contributed by atoms with E-state index in [0.717, 1.165) is 0 Å². The average molecular weight is 477 g/mol.